The minimum Gasteiger partial charge on any atom is -0.448 e. The van der Waals surface area contributed by atoms with Gasteiger partial charge < -0.3 is 23.8 Å². The van der Waals surface area contributed by atoms with Crippen LogP contribution in [0.3, 0.4) is 0 Å². The summed E-state index contributed by atoms with van der Waals surface area (Å²) in [5.41, 5.74) is 5.78. The van der Waals surface area contributed by atoms with Crippen LogP contribution in [0.5, 0.6) is 0 Å². The Morgan fingerprint density at radius 2 is 1.91 bits per heavy atom. The van der Waals surface area contributed by atoms with Crippen molar-refractivity contribution in [1.29, 1.82) is 0 Å². The van der Waals surface area contributed by atoms with Crippen LogP contribution in [-0.2, 0) is 16.0 Å². The Bertz CT molecular complexity index is 1370. The van der Waals surface area contributed by atoms with Crippen LogP contribution in [0.1, 0.15) is 5.56 Å². The minimum atomic E-state index is -0.266. The Hall–Kier alpha value is -3.92. The average molecular weight is 474 g/mol. The van der Waals surface area contributed by atoms with Gasteiger partial charge in [0.2, 0.25) is 0 Å². The SMILES string of the molecule is Cc1cccc(-c2ccn(-c3cc(N4CCOCC4)c4ncn(CCN5CCOC5=O)c4n3)n2)c1. The van der Waals surface area contributed by atoms with Gasteiger partial charge in [0.05, 0.1) is 37.5 Å². The smallest absolute Gasteiger partial charge is 0.410 e. The van der Waals surface area contributed by atoms with E-state index in [1.54, 1.807) is 11.2 Å². The summed E-state index contributed by atoms with van der Waals surface area (Å²) < 4.78 is 14.4. The van der Waals surface area contributed by atoms with Gasteiger partial charge in [0.1, 0.15) is 12.1 Å². The first-order valence-corrected chi connectivity index (χ1v) is 11.9. The van der Waals surface area contributed by atoms with Crippen molar-refractivity contribution in [2.75, 3.05) is 50.9 Å². The molecule has 2 aliphatic heterocycles. The molecule has 0 spiro atoms. The molecule has 2 aliphatic rings. The summed E-state index contributed by atoms with van der Waals surface area (Å²) in [6.45, 7) is 7.19. The van der Waals surface area contributed by atoms with E-state index in [-0.39, 0.29) is 6.09 Å². The lowest BCUT2D eigenvalue weighted by Crippen LogP contribution is -2.36. The van der Waals surface area contributed by atoms with Gasteiger partial charge >= 0.3 is 6.09 Å². The zero-order chi connectivity index (χ0) is 23.8. The van der Waals surface area contributed by atoms with E-state index in [1.807, 2.05) is 27.6 Å². The zero-order valence-electron chi connectivity index (χ0n) is 19.6. The standard InChI is InChI=1S/C25H27N7O3/c1-18-3-2-4-19(15-18)20-5-6-32(28-20)22-16-21(29-9-12-34-13-10-29)23-24(27-22)31(17-26-23)8-7-30-11-14-35-25(30)33/h2-6,15-17H,7-14H2,1H3. The third kappa shape index (κ3) is 4.21. The van der Waals surface area contributed by atoms with E-state index in [0.29, 0.717) is 39.5 Å². The first kappa shape index (κ1) is 21.6. The first-order chi connectivity index (χ1) is 17.2. The molecule has 0 unspecified atom stereocenters. The van der Waals surface area contributed by atoms with Crippen LogP contribution < -0.4 is 4.90 Å². The number of morpholine rings is 1. The second-order valence-corrected chi connectivity index (χ2v) is 8.83. The molecule has 2 saturated heterocycles. The number of nitrogens with zero attached hydrogens (tertiary/aromatic N) is 7. The molecule has 0 bridgehead atoms. The molecule has 0 radical (unpaired) electrons. The fourth-order valence-electron chi connectivity index (χ4n) is 4.60. The number of cyclic esters (lactones) is 1. The minimum absolute atomic E-state index is 0.266. The number of benzene rings is 1. The van der Waals surface area contributed by atoms with Crippen molar-refractivity contribution in [3.05, 3.63) is 54.5 Å². The number of rotatable bonds is 6. The molecule has 0 atom stereocenters. The van der Waals surface area contributed by atoms with E-state index >= 15 is 0 Å². The Morgan fingerprint density at radius 1 is 1.03 bits per heavy atom. The van der Waals surface area contributed by atoms with Gasteiger partial charge in [-0.2, -0.15) is 5.10 Å². The average Bonchev–Trinajstić information content (AvgIpc) is 3.63. The lowest BCUT2D eigenvalue weighted by molar-refractivity contribution is 0.123. The Kier molecular flexibility index (Phi) is 5.57. The zero-order valence-corrected chi connectivity index (χ0v) is 19.6. The summed E-state index contributed by atoms with van der Waals surface area (Å²) in [5.74, 6) is 0.722. The third-order valence-electron chi connectivity index (χ3n) is 6.48. The molecule has 1 amide bonds. The van der Waals surface area contributed by atoms with Gasteiger partial charge in [-0.25, -0.2) is 19.4 Å². The van der Waals surface area contributed by atoms with E-state index in [1.165, 1.54) is 5.56 Å². The molecule has 10 nitrogen and oxygen atoms in total. The summed E-state index contributed by atoms with van der Waals surface area (Å²) in [6, 6.07) is 12.4. The van der Waals surface area contributed by atoms with E-state index in [4.69, 9.17) is 24.5 Å². The van der Waals surface area contributed by atoms with Crippen molar-refractivity contribution in [3.8, 4) is 17.1 Å². The molecule has 1 aromatic carbocycles. The van der Waals surface area contributed by atoms with Crippen LogP contribution >= 0.6 is 0 Å². The van der Waals surface area contributed by atoms with E-state index in [0.717, 1.165) is 47.0 Å². The molecule has 5 heterocycles. The summed E-state index contributed by atoms with van der Waals surface area (Å²) in [4.78, 5) is 25.5. The number of pyridine rings is 1. The Morgan fingerprint density at radius 3 is 2.71 bits per heavy atom. The summed E-state index contributed by atoms with van der Waals surface area (Å²) >= 11 is 0. The van der Waals surface area contributed by atoms with Crippen LogP contribution in [0, 0.1) is 6.92 Å². The monoisotopic (exact) mass is 473 g/mol. The van der Waals surface area contributed by atoms with Crippen LogP contribution in [0.2, 0.25) is 0 Å². The lowest BCUT2D eigenvalue weighted by atomic mass is 10.1. The topological polar surface area (TPSA) is 90.5 Å². The van der Waals surface area contributed by atoms with Crippen molar-refractivity contribution in [2.45, 2.75) is 13.5 Å². The largest absolute Gasteiger partial charge is 0.448 e. The highest BCUT2D eigenvalue weighted by Gasteiger charge is 2.23. The number of aryl methyl sites for hydroxylation is 1. The lowest BCUT2D eigenvalue weighted by Gasteiger charge is -2.29. The number of imidazole rings is 1. The normalized spacial score (nSPS) is 16.3. The molecular weight excluding hydrogens is 446 g/mol. The van der Waals surface area contributed by atoms with Crippen molar-refractivity contribution in [3.63, 3.8) is 0 Å². The van der Waals surface area contributed by atoms with Crippen LogP contribution in [0.15, 0.2) is 48.9 Å². The van der Waals surface area contributed by atoms with Gasteiger partial charge in [-0.1, -0.05) is 23.8 Å². The molecule has 4 aromatic rings. The summed E-state index contributed by atoms with van der Waals surface area (Å²) in [6.07, 6.45) is 3.47. The molecule has 180 valence electrons. The molecule has 10 heteroatoms. The predicted octanol–water partition coefficient (Wildman–Crippen LogP) is 2.88. The van der Waals surface area contributed by atoms with Gasteiger partial charge in [0.25, 0.3) is 0 Å². The van der Waals surface area contributed by atoms with Gasteiger partial charge in [-0.3, -0.25) is 0 Å². The van der Waals surface area contributed by atoms with Gasteiger partial charge in [-0.05, 0) is 19.1 Å². The molecule has 0 N–H and O–H groups in total. The van der Waals surface area contributed by atoms with Gasteiger partial charge in [-0.15, -0.1) is 0 Å². The molecule has 0 saturated carbocycles. The highest BCUT2D eigenvalue weighted by molar-refractivity contribution is 5.87. The van der Waals surface area contributed by atoms with Crippen LogP contribution in [0.4, 0.5) is 10.5 Å². The van der Waals surface area contributed by atoms with Crippen molar-refractivity contribution in [2.24, 2.45) is 0 Å². The fraction of sp³-hybridized carbons (Fsp3) is 0.360. The Balaban J connectivity index is 1.38. The maximum absolute atomic E-state index is 11.9. The maximum Gasteiger partial charge on any atom is 0.410 e. The van der Waals surface area contributed by atoms with Crippen molar-refractivity contribution in [1.82, 2.24) is 29.2 Å². The number of amides is 1. The second kappa shape index (κ2) is 9.03. The van der Waals surface area contributed by atoms with Crippen molar-refractivity contribution >= 4 is 22.9 Å². The van der Waals surface area contributed by atoms with Crippen LogP contribution in [0.25, 0.3) is 28.2 Å². The Labute approximate surface area is 202 Å². The van der Waals surface area contributed by atoms with E-state index < -0.39 is 0 Å². The number of hydrogen-bond acceptors (Lipinski definition) is 7. The molecule has 3 aromatic heterocycles. The third-order valence-corrected chi connectivity index (χ3v) is 6.48. The molecule has 35 heavy (non-hydrogen) atoms. The quantitative estimate of drug-likeness (QED) is 0.425. The summed E-state index contributed by atoms with van der Waals surface area (Å²) in [5, 5.41) is 4.83. The maximum atomic E-state index is 11.9. The molecule has 2 fully saturated rings. The number of anilines is 1. The first-order valence-electron chi connectivity index (χ1n) is 11.9. The van der Waals surface area contributed by atoms with Crippen LogP contribution in [-0.4, -0.2) is 81.3 Å². The molecular formula is C25H27N7O3. The number of hydrogen-bond donors (Lipinski definition) is 0. The predicted molar refractivity (Wildman–Crippen MR) is 131 cm³/mol. The van der Waals surface area contributed by atoms with Crippen molar-refractivity contribution < 1.29 is 14.3 Å². The molecule has 6 rings (SSSR count). The van der Waals surface area contributed by atoms with E-state index in [2.05, 4.69) is 36.1 Å². The highest BCUT2D eigenvalue weighted by Crippen LogP contribution is 2.29. The number of carbonyl (C=O) groups is 1. The molecule has 0 aliphatic carbocycles. The van der Waals surface area contributed by atoms with Gasteiger partial charge in [0, 0.05) is 44.0 Å². The highest BCUT2D eigenvalue weighted by atomic mass is 16.6. The number of aromatic nitrogens is 5. The van der Waals surface area contributed by atoms with Gasteiger partial charge in [0.15, 0.2) is 11.5 Å². The second-order valence-electron chi connectivity index (χ2n) is 8.83. The fourth-order valence-corrected chi connectivity index (χ4v) is 4.60. The number of carbonyl (C=O) groups excluding carboxylic acids is 1. The number of ether oxygens (including phenoxy) is 2. The summed E-state index contributed by atoms with van der Waals surface area (Å²) in [7, 11) is 0. The number of fused-ring (bicyclic) bond motifs is 1. The van der Waals surface area contributed by atoms with E-state index in [9.17, 15) is 4.79 Å².